The number of terminal acetylenes is 1. The molecule has 0 aromatic heterocycles. The SMILES string of the molecule is C#Cc1cccc(NC(=O)CN=C(NCC)NCCCCSC)c1. The van der Waals surface area contributed by atoms with Gasteiger partial charge in [0.05, 0.1) is 0 Å². The van der Waals surface area contributed by atoms with Crippen LogP contribution in [0.25, 0.3) is 0 Å². The fraction of sp³-hybridized carbons (Fsp3) is 0.444. The lowest BCUT2D eigenvalue weighted by atomic mass is 10.2. The van der Waals surface area contributed by atoms with Gasteiger partial charge in [-0.05, 0) is 50.0 Å². The van der Waals surface area contributed by atoms with E-state index in [-0.39, 0.29) is 12.5 Å². The summed E-state index contributed by atoms with van der Waals surface area (Å²) in [7, 11) is 0. The quantitative estimate of drug-likeness (QED) is 0.278. The van der Waals surface area contributed by atoms with Gasteiger partial charge >= 0.3 is 0 Å². The molecule has 0 bridgehead atoms. The van der Waals surface area contributed by atoms with Crippen molar-refractivity contribution < 1.29 is 4.79 Å². The number of guanidine groups is 1. The van der Waals surface area contributed by atoms with Gasteiger partial charge in [0.15, 0.2) is 5.96 Å². The lowest BCUT2D eigenvalue weighted by molar-refractivity contribution is -0.114. The molecule has 24 heavy (non-hydrogen) atoms. The van der Waals surface area contributed by atoms with E-state index in [0.717, 1.165) is 30.8 Å². The number of unbranched alkanes of at least 4 members (excludes halogenated alkanes) is 1. The van der Waals surface area contributed by atoms with Crippen LogP contribution in [-0.2, 0) is 4.79 Å². The van der Waals surface area contributed by atoms with Gasteiger partial charge in [0.25, 0.3) is 0 Å². The minimum atomic E-state index is -0.177. The Labute approximate surface area is 149 Å². The molecule has 0 unspecified atom stereocenters. The molecule has 0 spiro atoms. The van der Waals surface area contributed by atoms with Gasteiger partial charge in [-0.3, -0.25) is 4.79 Å². The maximum Gasteiger partial charge on any atom is 0.246 e. The van der Waals surface area contributed by atoms with Crippen molar-refractivity contribution in [1.29, 1.82) is 0 Å². The number of anilines is 1. The molecule has 0 radical (unpaired) electrons. The van der Waals surface area contributed by atoms with Crippen molar-refractivity contribution in [2.24, 2.45) is 4.99 Å². The smallest absolute Gasteiger partial charge is 0.246 e. The lowest BCUT2D eigenvalue weighted by Crippen LogP contribution is -2.38. The monoisotopic (exact) mass is 346 g/mol. The van der Waals surface area contributed by atoms with Crippen molar-refractivity contribution in [3.8, 4) is 12.3 Å². The lowest BCUT2D eigenvalue weighted by Gasteiger charge is -2.11. The summed E-state index contributed by atoms with van der Waals surface area (Å²) in [6.07, 6.45) is 9.71. The Bertz CT molecular complexity index is 581. The van der Waals surface area contributed by atoms with Crippen molar-refractivity contribution in [3.63, 3.8) is 0 Å². The number of carbonyl (C=O) groups is 1. The highest BCUT2D eigenvalue weighted by Gasteiger charge is 2.03. The van der Waals surface area contributed by atoms with Gasteiger partial charge in [-0.25, -0.2) is 4.99 Å². The third kappa shape index (κ3) is 8.49. The van der Waals surface area contributed by atoms with Gasteiger partial charge in [0.2, 0.25) is 5.91 Å². The van der Waals surface area contributed by atoms with Gasteiger partial charge in [0.1, 0.15) is 6.54 Å². The van der Waals surface area contributed by atoms with Crippen molar-refractivity contribution >= 4 is 29.3 Å². The Kier molecular flexibility index (Phi) is 10.2. The first-order valence-corrected chi connectivity index (χ1v) is 9.46. The Morgan fingerprint density at radius 2 is 2.17 bits per heavy atom. The first-order chi connectivity index (χ1) is 11.7. The fourth-order valence-electron chi connectivity index (χ4n) is 1.96. The van der Waals surface area contributed by atoms with E-state index in [0.29, 0.717) is 11.6 Å². The van der Waals surface area contributed by atoms with E-state index in [4.69, 9.17) is 6.42 Å². The van der Waals surface area contributed by atoms with Crippen LogP contribution in [0.2, 0.25) is 0 Å². The van der Waals surface area contributed by atoms with Crippen LogP contribution >= 0.6 is 11.8 Å². The molecule has 0 fully saturated rings. The molecule has 6 heteroatoms. The molecule has 5 nitrogen and oxygen atoms in total. The minimum absolute atomic E-state index is 0.0560. The standard InChI is InChI=1S/C18H26N4OS/c1-4-15-9-8-10-16(13-15)22-17(23)14-21-18(19-5-2)20-11-6-7-12-24-3/h1,8-10,13H,5-7,11-12,14H2,2-3H3,(H,22,23)(H2,19,20,21). The van der Waals surface area contributed by atoms with Gasteiger partial charge in [0, 0.05) is 24.3 Å². The summed E-state index contributed by atoms with van der Waals surface area (Å²) in [5.41, 5.74) is 1.41. The van der Waals surface area contributed by atoms with E-state index >= 15 is 0 Å². The number of nitrogens with zero attached hydrogens (tertiary/aromatic N) is 1. The molecule has 0 aliphatic carbocycles. The Morgan fingerprint density at radius 1 is 1.33 bits per heavy atom. The summed E-state index contributed by atoms with van der Waals surface area (Å²) in [6.45, 7) is 3.65. The van der Waals surface area contributed by atoms with Crippen molar-refractivity contribution in [2.75, 3.05) is 37.0 Å². The van der Waals surface area contributed by atoms with Gasteiger partial charge in [-0.1, -0.05) is 12.0 Å². The Morgan fingerprint density at radius 3 is 2.88 bits per heavy atom. The van der Waals surface area contributed by atoms with E-state index in [1.165, 1.54) is 6.42 Å². The van der Waals surface area contributed by atoms with Crippen LogP contribution in [0.3, 0.4) is 0 Å². The summed E-state index contributed by atoms with van der Waals surface area (Å²) in [5, 5.41) is 9.18. The average Bonchev–Trinajstić information content (AvgIpc) is 2.59. The van der Waals surface area contributed by atoms with E-state index in [1.54, 1.807) is 12.1 Å². The van der Waals surface area contributed by atoms with Gasteiger partial charge in [-0.15, -0.1) is 6.42 Å². The van der Waals surface area contributed by atoms with Gasteiger partial charge in [-0.2, -0.15) is 11.8 Å². The Balaban J connectivity index is 2.46. The molecule has 0 aliphatic rings. The first kappa shape index (κ1) is 19.9. The molecule has 1 aromatic rings. The highest BCUT2D eigenvalue weighted by Crippen LogP contribution is 2.09. The second kappa shape index (κ2) is 12.3. The molecule has 1 aromatic carbocycles. The molecule has 0 saturated heterocycles. The average molecular weight is 347 g/mol. The van der Waals surface area contributed by atoms with Crippen LogP contribution in [0.1, 0.15) is 25.3 Å². The molecule has 1 amide bonds. The molecule has 130 valence electrons. The first-order valence-electron chi connectivity index (χ1n) is 8.07. The minimum Gasteiger partial charge on any atom is -0.357 e. The van der Waals surface area contributed by atoms with E-state index in [1.807, 2.05) is 30.8 Å². The second-order valence-electron chi connectivity index (χ2n) is 5.10. The van der Waals surface area contributed by atoms with Crippen LogP contribution in [0.4, 0.5) is 5.69 Å². The van der Waals surface area contributed by atoms with Crippen LogP contribution in [0.5, 0.6) is 0 Å². The fourth-order valence-corrected chi connectivity index (χ4v) is 2.45. The molecule has 1 rings (SSSR count). The number of hydrogen-bond donors (Lipinski definition) is 3. The van der Waals surface area contributed by atoms with E-state index in [9.17, 15) is 4.79 Å². The van der Waals surface area contributed by atoms with E-state index < -0.39 is 0 Å². The third-order valence-corrected chi connectivity index (χ3v) is 3.80. The zero-order valence-electron chi connectivity index (χ0n) is 14.4. The molecule has 0 heterocycles. The van der Waals surface area contributed by atoms with Crippen molar-refractivity contribution in [3.05, 3.63) is 29.8 Å². The maximum atomic E-state index is 12.0. The maximum absolute atomic E-state index is 12.0. The van der Waals surface area contributed by atoms with Gasteiger partial charge < -0.3 is 16.0 Å². The predicted molar refractivity (Wildman–Crippen MR) is 105 cm³/mol. The van der Waals surface area contributed by atoms with Crippen LogP contribution in [-0.4, -0.2) is 43.5 Å². The summed E-state index contributed by atoms with van der Waals surface area (Å²) in [6, 6.07) is 7.20. The number of rotatable bonds is 9. The van der Waals surface area contributed by atoms with Crippen LogP contribution in [0.15, 0.2) is 29.3 Å². The molecule has 0 aliphatic heterocycles. The van der Waals surface area contributed by atoms with Crippen molar-refractivity contribution in [1.82, 2.24) is 10.6 Å². The largest absolute Gasteiger partial charge is 0.357 e. The Hall–Kier alpha value is -2.13. The van der Waals surface area contributed by atoms with Crippen LogP contribution in [0, 0.1) is 12.3 Å². The molecular formula is C18H26N4OS. The number of aliphatic imine (C=N–C) groups is 1. The number of carbonyl (C=O) groups excluding carboxylic acids is 1. The highest BCUT2D eigenvalue weighted by atomic mass is 32.2. The van der Waals surface area contributed by atoms with Crippen LogP contribution < -0.4 is 16.0 Å². The number of nitrogens with one attached hydrogen (secondary N) is 3. The highest BCUT2D eigenvalue weighted by molar-refractivity contribution is 7.98. The summed E-state index contributed by atoms with van der Waals surface area (Å²) < 4.78 is 0. The molecule has 0 atom stereocenters. The summed E-state index contributed by atoms with van der Waals surface area (Å²) in [4.78, 5) is 16.3. The number of amides is 1. The zero-order valence-corrected chi connectivity index (χ0v) is 15.2. The predicted octanol–water partition coefficient (Wildman–Crippen LogP) is 2.30. The summed E-state index contributed by atoms with van der Waals surface area (Å²) >= 11 is 1.85. The van der Waals surface area contributed by atoms with E-state index in [2.05, 4.69) is 33.1 Å². The zero-order chi connectivity index (χ0) is 17.6. The molecular weight excluding hydrogens is 320 g/mol. The van der Waals surface area contributed by atoms with Crippen molar-refractivity contribution in [2.45, 2.75) is 19.8 Å². The second-order valence-corrected chi connectivity index (χ2v) is 6.08. The number of thioether (sulfide) groups is 1. The topological polar surface area (TPSA) is 65.5 Å². The molecule has 0 saturated carbocycles. The number of hydrogen-bond acceptors (Lipinski definition) is 3. The summed E-state index contributed by atoms with van der Waals surface area (Å²) in [5.74, 6) is 4.19. The molecule has 3 N–H and O–H groups in total. The normalized spacial score (nSPS) is 10.8. The number of benzene rings is 1. The third-order valence-electron chi connectivity index (χ3n) is 3.11.